The highest BCUT2D eigenvalue weighted by Gasteiger charge is 2.44. The molecule has 7 heteroatoms. The van der Waals surface area contributed by atoms with E-state index in [1.165, 1.54) is 18.2 Å². The summed E-state index contributed by atoms with van der Waals surface area (Å²) >= 11 is 0. The normalized spacial score (nSPS) is 15.9. The fraction of sp³-hybridized carbons (Fsp3) is 0.250. The molecule has 0 saturated heterocycles. The van der Waals surface area contributed by atoms with Crippen LogP contribution in [0.5, 0.6) is 11.5 Å². The van der Waals surface area contributed by atoms with Gasteiger partial charge in [0, 0.05) is 5.69 Å². The van der Waals surface area contributed by atoms with E-state index in [9.17, 15) is 17.6 Å². The molecule has 0 radical (unpaired) electrons. The zero-order valence-electron chi connectivity index (χ0n) is 16.7. The van der Waals surface area contributed by atoms with Crippen molar-refractivity contribution in [3.05, 3.63) is 77.9 Å². The molecule has 1 aliphatic heterocycles. The molecule has 1 atom stereocenters. The average Bonchev–Trinajstić information content (AvgIpc) is 2.78. The second-order valence-corrected chi connectivity index (χ2v) is 7.34. The molecule has 0 aliphatic carbocycles. The van der Waals surface area contributed by atoms with Crippen molar-refractivity contribution in [2.45, 2.75) is 31.4 Å². The Hall–Kier alpha value is -3.22. The Balaban J connectivity index is 1.58. The van der Waals surface area contributed by atoms with E-state index >= 15 is 0 Å². The number of anilines is 1. The van der Waals surface area contributed by atoms with Gasteiger partial charge >= 0.3 is 12.5 Å². The first-order valence-corrected chi connectivity index (χ1v) is 9.85. The van der Waals surface area contributed by atoms with E-state index in [0.29, 0.717) is 12.0 Å². The van der Waals surface area contributed by atoms with Gasteiger partial charge in [-0.05, 0) is 65.4 Å². The molecule has 3 aromatic rings. The van der Waals surface area contributed by atoms with Crippen LogP contribution >= 0.6 is 0 Å². The number of rotatable bonds is 6. The Morgan fingerprint density at radius 3 is 2.48 bits per heavy atom. The molecule has 0 fully saturated rings. The minimum Gasteiger partial charge on any atom is -0.497 e. The SMILES string of the molecule is COc1cccc(-c2cccc3c2CCC(c2cccc(OC(F)(F)C(F)F)c2)N3)c1. The first kappa shape index (κ1) is 21.0. The molecule has 4 rings (SSSR count). The van der Waals surface area contributed by atoms with Crippen LogP contribution in [0, 0.1) is 0 Å². The lowest BCUT2D eigenvalue weighted by atomic mass is 9.88. The van der Waals surface area contributed by atoms with Crippen molar-refractivity contribution in [3.63, 3.8) is 0 Å². The van der Waals surface area contributed by atoms with Gasteiger partial charge in [0.05, 0.1) is 13.2 Å². The fourth-order valence-corrected chi connectivity index (χ4v) is 3.85. The summed E-state index contributed by atoms with van der Waals surface area (Å²) in [7, 11) is 1.63. The van der Waals surface area contributed by atoms with E-state index in [4.69, 9.17) is 4.74 Å². The van der Waals surface area contributed by atoms with E-state index in [1.54, 1.807) is 13.2 Å². The van der Waals surface area contributed by atoms with E-state index in [-0.39, 0.29) is 11.8 Å². The first-order valence-electron chi connectivity index (χ1n) is 9.85. The summed E-state index contributed by atoms with van der Waals surface area (Å²) in [5.41, 5.74) is 4.93. The molecule has 0 bridgehead atoms. The summed E-state index contributed by atoms with van der Waals surface area (Å²) in [5, 5.41) is 3.44. The Bertz CT molecular complexity index is 1070. The van der Waals surface area contributed by atoms with Gasteiger partial charge in [0.25, 0.3) is 0 Å². The molecule has 1 unspecified atom stereocenters. The average molecular weight is 431 g/mol. The lowest BCUT2D eigenvalue weighted by molar-refractivity contribution is -0.253. The summed E-state index contributed by atoms with van der Waals surface area (Å²) in [6, 6.07) is 19.6. The van der Waals surface area contributed by atoms with Crippen LogP contribution in [0.4, 0.5) is 23.2 Å². The highest BCUT2D eigenvalue weighted by atomic mass is 19.3. The van der Waals surface area contributed by atoms with Crippen LogP contribution in [0.2, 0.25) is 0 Å². The topological polar surface area (TPSA) is 30.5 Å². The number of ether oxygens (including phenoxy) is 2. The minimum absolute atomic E-state index is 0.156. The van der Waals surface area contributed by atoms with Crippen molar-refractivity contribution in [2.24, 2.45) is 0 Å². The summed E-state index contributed by atoms with van der Waals surface area (Å²) in [5.74, 6) is 0.481. The van der Waals surface area contributed by atoms with Crippen LogP contribution in [-0.2, 0) is 6.42 Å². The zero-order chi connectivity index (χ0) is 22.0. The van der Waals surface area contributed by atoms with Gasteiger partial charge in [0.1, 0.15) is 11.5 Å². The lowest BCUT2D eigenvalue weighted by Crippen LogP contribution is -2.33. The third-order valence-electron chi connectivity index (χ3n) is 5.34. The van der Waals surface area contributed by atoms with Crippen molar-refractivity contribution >= 4 is 5.69 Å². The van der Waals surface area contributed by atoms with Crippen molar-refractivity contribution in [1.29, 1.82) is 0 Å². The van der Waals surface area contributed by atoms with Gasteiger partial charge in [-0.2, -0.15) is 17.6 Å². The molecule has 162 valence electrons. The van der Waals surface area contributed by atoms with Crippen molar-refractivity contribution in [1.82, 2.24) is 0 Å². The van der Waals surface area contributed by atoms with Crippen LogP contribution in [0.1, 0.15) is 23.6 Å². The summed E-state index contributed by atoms with van der Waals surface area (Å²) in [6.07, 6.45) is -6.95. The molecule has 3 aromatic carbocycles. The molecule has 31 heavy (non-hydrogen) atoms. The van der Waals surface area contributed by atoms with Gasteiger partial charge < -0.3 is 14.8 Å². The number of alkyl halides is 4. The Labute approximate surface area is 177 Å². The van der Waals surface area contributed by atoms with E-state index < -0.39 is 12.5 Å². The maximum absolute atomic E-state index is 13.3. The van der Waals surface area contributed by atoms with Crippen molar-refractivity contribution in [3.8, 4) is 22.6 Å². The van der Waals surface area contributed by atoms with Gasteiger partial charge in [0.2, 0.25) is 0 Å². The van der Waals surface area contributed by atoms with E-state index in [0.717, 1.165) is 34.5 Å². The van der Waals surface area contributed by atoms with E-state index in [1.807, 2.05) is 36.4 Å². The predicted molar refractivity (Wildman–Crippen MR) is 111 cm³/mol. The molecule has 0 spiro atoms. The molecule has 1 aliphatic rings. The molecule has 0 aromatic heterocycles. The third kappa shape index (κ3) is 4.45. The smallest absolute Gasteiger partial charge is 0.461 e. The zero-order valence-corrected chi connectivity index (χ0v) is 16.7. The summed E-state index contributed by atoms with van der Waals surface area (Å²) < 4.78 is 61.0. The summed E-state index contributed by atoms with van der Waals surface area (Å²) in [6.45, 7) is 0. The number of benzene rings is 3. The predicted octanol–water partition coefficient (Wildman–Crippen LogP) is 6.70. The number of methoxy groups -OCH3 is 1. The molecule has 0 saturated carbocycles. The largest absolute Gasteiger partial charge is 0.497 e. The van der Waals surface area contributed by atoms with Crippen LogP contribution in [0.15, 0.2) is 66.7 Å². The number of hydrogen-bond acceptors (Lipinski definition) is 3. The van der Waals surface area contributed by atoms with Gasteiger partial charge in [-0.25, -0.2) is 0 Å². The lowest BCUT2D eigenvalue weighted by Gasteiger charge is -2.29. The maximum Gasteiger partial charge on any atom is 0.461 e. The number of nitrogens with one attached hydrogen (secondary N) is 1. The molecule has 1 heterocycles. The highest BCUT2D eigenvalue weighted by Crippen LogP contribution is 2.39. The monoisotopic (exact) mass is 431 g/mol. The Morgan fingerprint density at radius 2 is 1.71 bits per heavy atom. The first-order chi connectivity index (χ1) is 14.9. The van der Waals surface area contributed by atoms with Crippen molar-refractivity contribution < 1.29 is 27.0 Å². The van der Waals surface area contributed by atoms with Crippen LogP contribution < -0.4 is 14.8 Å². The quantitative estimate of drug-likeness (QED) is 0.441. The Morgan fingerprint density at radius 1 is 0.968 bits per heavy atom. The van der Waals surface area contributed by atoms with Crippen LogP contribution in [-0.4, -0.2) is 19.6 Å². The Kier molecular flexibility index (Phi) is 5.76. The van der Waals surface area contributed by atoms with E-state index in [2.05, 4.69) is 16.1 Å². The fourth-order valence-electron chi connectivity index (χ4n) is 3.85. The highest BCUT2D eigenvalue weighted by molar-refractivity contribution is 5.76. The van der Waals surface area contributed by atoms with Gasteiger partial charge in [-0.1, -0.05) is 36.4 Å². The third-order valence-corrected chi connectivity index (χ3v) is 5.34. The standard InChI is InChI=1S/C24H21F4NO2/c1-30-17-7-2-5-15(13-17)19-9-4-10-22-20(19)11-12-21(29-22)16-6-3-8-18(14-16)31-24(27,28)23(25)26/h2-10,13-14,21,23,29H,11-12H2,1H3. The molecule has 1 N–H and O–H groups in total. The number of fused-ring (bicyclic) bond motifs is 1. The van der Waals surface area contributed by atoms with Crippen LogP contribution in [0.25, 0.3) is 11.1 Å². The number of hydrogen-bond donors (Lipinski definition) is 1. The molecular weight excluding hydrogens is 410 g/mol. The second-order valence-electron chi connectivity index (χ2n) is 7.34. The van der Waals surface area contributed by atoms with Crippen molar-refractivity contribution in [2.75, 3.05) is 12.4 Å². The molecule has 3 nitrogen and oxygen atoms in total. The van der Waals surface area contributed by atoms with Gasteiger partial charge in [-0.3, -0.25) is 0 Å². The maximum atomic E-state index is 13.3. The number of halogens is 4. The van der Waals surface area contributed by atoms with Crippen LogP contribution in [0.3, 0.4) is 0 Å². The molecule has 0 amide bonds. The second kappa shape index (κ2) is 8.49. The van der Waals surface area contributed by atoms with Gasteiger partial charge in [0.15, 0.2) is 0 Å². The minimum atomic E-state index is -4.53. The molecular formula is C24H21F4NO2. The summed E-state index contributed by atoms with van der Waals surface area (Å²) in [4.78, 5) is 0. The van der Waals surface area contributed by atoms with Gasteiger partial charge in [-0.15, -0.1) is 0 Å².